The van der Waals surface area contributed by atoms with Gasteiger partial charge in [0, 0.05) is 25.5 Å². The van der Waals surface area contributed by atoms with E-state index in [1.165, 1.54) is 7.11 Å². The average molecular weight is 445 g/mol. The first-order valence-electron chi connectivity index (χ1n) is 10.9. The van der Waals surface area contributed by atoms with Crippen LogP contribution in [0.3, 0.4) is 0 Å². The second-order valence-electron chi connectivity index (χ2n) is 7.46. The van der Waals surface area contributed by atoms with Crippen molar-refractivity contribution in [2.24, 2.45) is 0 Å². The third kappa shape index (κ3) is 8.36. The molecular weight excluding hydrogens is 416 g/mol. The van der Waals surface area contributed by atoms with Gasteiger partial charge in [0.1, 0.15) is 17.2 Å². The third-order valence-corrected chi connectivity index (χ3v) is 4.94. The number of aliphatic carboxylic acids is 1. The number of hydrogen-bond donors (Lipinski definition) is 1. The molecule has 0 saturated carbocycles. The number of rotatable bonds is 11. The van der Waals surface area contributed by atoms with Crippen LogP contribution in [0, 0.1) is 11.8 Å². The van der Waals surface area contributed by atoms with Gasteiger partial charge in [-0.2, -0.15) is 0 Å². The summed E-state index contributed by atoms with van der Waals surface area (Å²) in [6.45, 7) is 0.638. The fourth-order valence-electron chi connectivity index (χ4n) is 3.11. The number of para-hydroxylation sites is 1. The molecule has 3 rings (SSSR count). The minimum absolute atomic E-state index is 0.336. The first-order valence-corrected chi connectivity index (χ1v) is 10.9. The van der Waals surface area contributed by atoms with Gasteiger partial charge < -0.3 is 19.3 Å². The van der Waals surface area contributed by atoms with Crippen molar-refractivity contribution < 1.29 is 24.1 Å². The summed E-state index contributed by atoms with van der Waals surface area (Å²) in [5.74, 6) is 7.77. The van der Waals surface area contributed by atoms with Crippen molar-refractivity contribution in [2.45, 2.75) is 31.8 Å². The lowest BCUT2D eigenvalue weighted by Crippen LogP contribution is -2.24. The highest BCUT2D eigenvalue weighted by Gasteiger charge is 2.16. The van der Waals surface area contributed by atoms with Gasteiger partial charge in [0.05, 0.1) is 6.61 Å². The standard InChI is InChI=1S/C28H28O5/c1-31-27(28(29)30)21-23-14-12-22(13-15-23)9-5-2-3-8-20-32-24-16-18-26(19-17-24)33-25-10-6-4-7-11-25/h4,6-7,10-19,27H,2-3,8,20-21H2,1H3,(H,29,30)/t27-/m0/s1. The highest BCUT2D eigenvalue weighted by atomic mass is 16.5. The van der Waals surface area contributed by atoms with E-state index < -0.39 is 12.1 Å². The number of ether oxygens (including phenoxy) is 3. The first kappa shape index (κ1) is 23.9. The first-order chi connectivity index (χ1) is 16.1. The van der Waals surface area contributed by atoms with E-state index in [-0.39, 0.29) is 0 Å². The summed E-state index contributed by atoms with van der Waals surface area (Å²) >= 11 is 0. The Labute approximate surface area is 194 Å². The van der Waals surface area contributed by atoms with Crippen LogP contribution in [0.25, 0.3) is 0 Å². The SMILES string of the molecule is CO[C@@H](Cc1ccc(C#CCCCCOc2ccc(Oc3ccccc3)cc2)cc1)C(=O)O. The van der Waals surface area contributed by atoms with E-state index in [0.717, 1.165) is 47.6 Å². The van der Waals surface area contributed by atoms with Gasteiger partial charge in [-0.05, 0) is 66.9 Å². The van der Waals surface area contributed by atoms with Gasteiger partial charge in [-0.3, -0.25) is 0 Å². The molecule has 1 N–H and O–H groups in total. The van der Waals surface area contributed by atoms with Crippen molar-refractivity contribution in [1.82, 2.24) is 0 Å². The molecule has 170 valence electrons. The zero-order valence-corrected chi connectivity index (χ0v) is 18.7. The molecule has 0 radical (unpaired) electrons. The number of unbranched alkanes of at least 4 members (excludes halogenated alkanes) is 2. The molecule has 0 heterocycles. The monoisotopic (exact) mass is 444 g/mol. The van der Waals surface area contributed by atoms with Gasteiger partial charge in [-0.1, -0.05) is 42.2 Å². The summed E-state index contributed by atoms with van der Waals surface area (Å²) in [6, 6.07) is 24.9. The molecule has 1 atom stereocenters. The lowest BCUT2D eigenvalue weighted by molar-refractivity contribution is -0.148. The second-order valence-corrected chi connectivity index (χ2v) is 7.46. The second kappa shape index (κ2) is 12.9. The van der Waals surface area contributed by atoms with Gasteiger partial charge in [0.25, 0.3) is 0 Å². The average Bonchev–Trinajstić information content (AvgIpc) is 2.84. The predicted octanol–water partition coefficient (Wildman–Crippen LogP) is 5.72. The normalized spacial score (nSPS) is 11.2. The Balaban J connectivity index is 1.33. The Hall–Kier alpha value is -3.75. The van der Waals surface area contributed by atoms with Crippen molar-refractivity contribution in [3.8, 4) is 29.1 Å². The summed E-state index contributed by atoms with van der Waals surface area (Å²) in [5.41, 5.74) is 1.82. The number of carboxylic acids is 1. The molecule has 0 aliphatic heterocycles. The molecule has 0 aromatic heterocycles. The molecule has 0 aliphatic carbocycles. The lowest BCUT2D eigenvalue weighted by Gasteiger charge is -2.10. The summed E-state index contributed by atoms with van der Waals surface area (Å²) in [4.78, 5) is 11.0. The maximum absolute atomic E-state index is 11.0. The molecule has 3 aromatic carbocycles. The van der Waals surface area contributed by atoms with Gasteiger partial charge in [-0.15, -0.1) is 0 Å². The summed E-state index contributed by atoms with van der Waals surface area (Å²) < 4.78 is 16.5. The molecule has 0 bridgehead atoms. The van der Waals surface area contributed by atoms with Crippen LogP contribution in [0.15, 0.2) is 78.9 Å². The molecule has 0 saturated heterocycles. The van der Waals surface area contributed by atoms with Crippen molar-refractivity contribution in [3.05, 3.63) is 90.0 Å². The van der Waals surface area contributed by atoms with Crippen LogP contribution in [-0.2, 0) is 16.0 Å². The molecule has 0 fully saturated rings. The van der Waals surface area contributed by atoms with E-state index in [1.54, 1.807) is 0 Å². The predicted molar refractivity (Wildman–Crippen MR) is 128 cm³/mol. The van der Waals surface area contributed by atoms with Crippen molar-refractivity contribution >= 4 is 5.97 Å². The molecule has 0 amide bonds. The minimum Gasteiger partial charge on any atom is -0.494 e. The molecule has 0 spiro atoms. The quantitative estimate of drug-likeness (QED) is 0.303. The molecule has 0 unspecified atom stereocenters. The van der Waals surface area contributed by atoms with E-state index in [2.05, 4.69) is 11.8 Å². The summed E-state index contributed by atoms with van der Waals surface area (Å²) in [7, 11) is 1.40. The minimum atomic E-state index is -0.959. The van der Waals surface area contributed by atoms with Crippen LogP contribution in [-0.4, -0.2) is 30.9 Å². The largest absolute Gasteiger partial charge is 0.494 e. The number of carbonyl (C=O) groups is 1. The van der Waals surface area contributed by atoms with Gasteiger partial charge in [0.15, 0.2) is 6.10 Å². The van der Waals surface area contributed by atoms with Crippen LogP contribution >= 0.6 is 0 Å². The maximum Gasteiger partial charge on any atom is 0.333 e. The summed E-state index contributed by atoms with van der Waals surface area (Å²) in [5, 5.41) is 9.06. The molecule has 5 heteroatoms. The zero-order valence-electron chi connectivity index (χ0n) is 18.7. The molecular formula is C28H28O5. The third-order valence-electron chi connectivity index (χ3n) is 4.94. The molecule has 0 aliphatic rings. The van der Waals surface area contributed by atoms with Gasteiger partial charge >= 0.3 is 5.97 Å². The number of methoxy groups -OCH3 is 1. The number of hydrogen-bond acceptors (Lipinski definition) is 4. The zero-order chi connectivity index (χ0) is 23.3. The van der Waals surface area contributed by atoms with Gasteiger partial charge in [-0.25, -0.2) is 4.79 Å². The van der Waals surface area contributed by atoms with Gasteiger partial charge in [0.2, 0.25) is 0 Å². The van der Waals surface area contributed by atoms with E-state index in [0.29, 0.717) is 13.0 Å². The Morgan fingerprint density at radius 2 is 1.55 bits per heavy atom. The highest BCUT2D eigenvalue weighted by Crippen LogP contribution is 2.23. The Morgan fingerprint density at radius 3 is 2.21 bits per heavy atom. The molecule has 3 aromatic rings. The Bertz CT molecular complexity index is 1050. The topological polar surface area (TPSA) is 65.0 Å². The fourth-order valence-corrected chi connectivity index (χ4v) is 3.11. The van der Waals surface area contributed by atoms with Crippen molar-refractivity contribution in [1.29, 1.82) is 0 Å². The van der Waals surface area contributed by atoms with Crippen molar-refractivity contribution in [2.75, 3.05) is 13.7 Å². The van der Waals surface area contributed by atoms with Crippen LogP contribution in [0.4, 0.5) is 0 Å². The van der Waals surface area contributed by atoms with E-state index in [1.807, 2.05) is 78.9 Å². The van der Waals surface area contributed by atoms with Crippen LogP contribution in [0.2, 0.25) is 0 Å². The summed E-state index contributed by atoms with van der Waals surface area (Å²) in [6.07, 6.45) is 2.17. The van der Waals surface area contributed by atoms with Crippen LogP contribution in [0.5, 0.6) is 17.2 Å². The Morgan fingerprint density at radius 1 is 0.879 bits per heavy atom. The fraction of sp³-hybridized carbons (Fsp3) is 0.250. The maximum atomic E-state index is 11.0. The Kier molecular flexibility index (Phi) is 9.38. The highest BCUT2D eigenvalue weighted by molar-refractivity contribution is 5.72. The van der Waals surface area contributed by atoms with E-state index >= 15 is 0 Å². The van der Waals surface area contributed by atoms with Crippen LogP contribution < -0.4 is 9.47 Å². The van der Waals surface area contributed by atoms with Crippen LogP contribution in [0.1, 0.15) is 30.4 Å². The number of carboxylic acid groups (broad SMARTS) is 1. The van der Waals surface area contributed by atoms with E-state index in [9.17, 15) is 4.79 Å². The van der Waals surface area contributed by atoms with Crippen molar-refractivity contribution in [3.63, 3.8) is 0 Å². The number of benzene rings is 3. The molecule has 5 nitrogen and oxygen atoms in total. The molecule has 33 heavy (non-hydrogen) atoms. The van der Waals surface area contributed by atoms with E-state index in [4.69, 9.17) is 19.3 Å². The lowest BCUT2D eigenvalue weighted by atomic mass is 10.1. The smallest absolute Gasteiger partial charge is 0.333 e.